The molecular formula is C6H2Br2NNaO4S. The number of hydrogen-bond acceptors (Lipinski definition) is 6. The van der Waals surface area contributed by atoms with Gasteiger partial charge in [0.15, 0.2) is 0 Å². The van der Waals surface area contributed by atoms with Gasteiger partial charge < -0.3 is 5.26 Å². The van der Waals surface area contributed by atoms with E-state index in [1.807, 2.05) is 0 Å². The van der Waals surface area contributed by atoms with E-state index in [2.05, 4.69) is 46.4 Å². The quantitative estimate of drug-likeness (QED) is 0.243. The van der Waals surface area contributed by atoms with Gasteiger partial charge in [0.25, 0.3) is 0 Å². The van der Waals surface area contributed by atoms with Gasteiger partial charge in [-0.3, -0.25) is 5.04 Å². The molecule has 0 spiro atoms. The van der Waals surface area contributed by atoms with Crippen LogP contribution in [0.4, 0.5) is 5.69 Å². The van der Waals surface area contributed by atoms with Crippen LogP contribution in [0.3, 0.4) is 0 Å². The fourth-order valence-electron chi connectivity index (χ4n) is 0.731. The zero-order valence-electron chi connectivity index (χ0n) is 7.40. The summed E-state index contributed by atoms with van der Waals surface area (Å²) in [5.74, 6) is 0. The number of nitrogens with zero attached hydrogens (tertiary/aromatic N) is 1. The summed E-state index contributed by atoms with van der Waals surface area (Å²) in [6, 6.07) is 3.15. The average Bonchev–Trinajstić information content (AvgIpc) is 2.14. The van der Waals surface area contributed by atoms with Crippen molar-refractivity contribution in [3.63, 3.8) is 0 Å². The predicted molar refractivity (Wildman–Crippen MR) is 55.3 cm³/mol. The summed E-state index contributed by atoms with van der Waals surface area (Å²) >= 11 is 7.01. The van der Waals surface area contributed by atoms with Crippen molar-refractivity contribution in [1.29, 1.82) is 0 Å². The van der Waals surface area contributed by atoms with Crippen LogP contribution in [-0.2, 0) is 9.37 Å². The second-order valence-corrected chi connectivity index (χ2v) is 4.53. The van der Waals surface area contributed by atoms with Gasteiger partial charge in [-0.25, -0.2) is 0 Å². The minimum Gasteiger partial charge on any atom is -0.691 e. The van der Waals surface area contributed by atoms with Gasteiger partial charge >= 0.3 is 29.6 Å². The third-order valence-electron chi connectivity index (χ3n) is 1.24. The van der Waals surface area contributed by atoms with E-state index in [9.17, 15) is 10.2 Å². The molecule has 0 aliphatic heterocycles. The largest absolute Gasteiger partial charge is 1.00 e. The van der Waals surface area contributed by atoms with Crippen molar-refractivity contribution in [3.8, 4) is 0 Å². The van der Waals surface area contributed by atoms with Gasteiger partial charge in [-0.15, -0.1) is 4.91 Å². The van der Waals surface area contributed by atoms with Gasteiger partial charge in [0.2, 0.25) is 0 Å². The Morgan fingerprint density at radius 3 is 2.27 bits per heavy atom. The fourth-order valence-corrected chi connectivity index (χ4v) is 2.80. The van der Waals surface area contributed by atoms with Gasteiger partial charge in [0.1, 0.15) is 5.69 Å². The summed E-state index contributed by atoms with van der Waals surface area (Å²) in [4.78, 5) is 10.9. The molecule has 76 valence electrons. The molecule has 0 unspecified atom stereocenters. The SMILES string of the molecule is O=Nc1c(Br)cc(SOO[O-])cc1Br.[Na+]. The number of rotatable bonds is 4. The molecule has 0 radical (unpaired) electrons. The molecule has 0 aromatic heterocycles. The van der Waals surface area contributed by atoms with E-state index in [-0.39, 0.29) is 35.2 Å². The van der Waals surface area contributed by atoms with Crippen molar-refractivity contribution in [2.75, 3.05) is 0 Å². The molecule has 1 aromatic carbocycles. The first kappa shape index (κ1) is 16.0. The summed E-state index contributed by atoms with van der Waals surface area (Å²) in [6.45, 7) is 0. The van der Waals surface area contributed by atoms with Crippen molar-refractivity contribution in [3.05, 3.63) is 26.0 Å². The molecule has 0 saturated heterocycles. The van der Waals surface area contributed by atoms with Gasteiger partial charge in [0.05, 0.1) is 12.0 Å². The summed E-state index contributed by atoms with van der Waals surface area (Å²) in [7, 11) is 0. The molecule has 0 saturated carbocycles. The predicted octanol–water partition coefficient (Wildman–Crippen LogP) is -0.156. The summed E-state index contributed by atoms with van der Waals surface area (Å²) in [5, 5.41) is 15.5. The van der Waals surface area contributed by atoms with Crippen molar-refractivity contribution in [2.45, 2.75) is 4.90 Å². The van der Waals surface area contributed by atoms with Crippen LogP contribution >= 0.6 is 43.9 Å². The number of hydrogen-bond donors (Lipinski definition) is 0. The Kier molecular flexibility index (Phi) is 8.70. The normalized spacial score (nSPS) is 9.53. The van der Waals surface area contributed by atoms with Crippen LogP contribution in [0.5, 0.6) is 0 Å². The van der Waals surface area contributed by atoms with Gasteiger partial charge in [-0.2, -0.15) is 4.33 Å². The van der Waals surface area contributed by atoms with E-state index in [0.29, 0.717) is 13.8 Å². The second-order valence-electron chi connectivity index (χ2n) is 2.05. The Morgan fingerprint density at radius 1 is 1.33 bits per heavy atom. The van der Waals surface area contributed by atoms with E-state index < -0.39 is 0 Å². The van der Waals surface area contributed by atoms with E-state index >= 15 is 0 Å². The molecule has 0 amide bonds. The fraction of sp³-hybridized carbons (Fsp3) is 0. The maximum absolute atomic E-state index is 10.4. The topological polar surface area (TPSA) is 71.0 Å². The number of nitroso groups, excluding NO2 is 1. The molecule has 0 bridgehead atoms. The van der Waals surface area contributed by atoms with Crippen LogP contribution < -0.4 is 34.8 Å². The van der Waals surface area contributed by atoms with Crippen molar-refractivity contribution in [1.82, 2.24) is 0 Å². The van der Waals surface area contributed by atoms with Gasteiger partial charge in [0, 0.05) is 13.8 Å². The Bertz CT molecular complexity index is 331. The molecule has 1 aromatic rings. The van der Waals surface area contributed by atoms with Crippen molar-refractivity contribution >= 4 is 49.6 Å². The van der Waals surface area contributed by atoms with Crippen LogP contribution in [0.2, 0.25) is 0 Å². The minimum absolute atomic E-state index is 0. The second kappa shape index (κ2) is 8.15. The van der Waals surface area contributed by atoms with E-state index in [4.69, 9.17) is 0 Å². The van der Waals surface area contributed by atoms with E-state index in [1.54, 1.807) is 12.1 Å². The van der Waals surface area contributed by atoms with E-state index in [1.165, 1.54) is 0 Å². The number of halogens is 2. The monoisotopic (exact) mass is 365 g/mol. The molecule has 5 nitrogen and oxygen atoms in total. The maximum atomic E-state index is 10.4. The molecule has 0 heterocycles. The van der Waals surface area contributed by atoms with Crippen LogP contribution in [0.15, 0.2) is 31.2 Å². The Balaban J connectivity index is 0.00000196. The van der Waals surface area contributed by atoms with Gasteiger partial charge in [-0.1, -0.05) is 0 Å². The Morgan fingerprint density at radius 2 is 1.87 bits per heavy atom. The maximum Gasteiger partial charge on any atom is 1.00 e. The first-order valence-electron chi connectivity index (χ1n) is 3.14. The molecule has 0 aliphatic rings. The minimum atomic E-state index is 0. The first-order chi connectivity index (χ1) is 6.69. The molecule has 0 fully saturated rings. The first-order valence-corrected chi connectivity index (χ1v) is 5.47. The van der Waals surface area contributed by atoms with Crippen molar-refractivity contribution < 1.29 is 44.2 Å². The molecular weight excluding hydrogens is 365 g/mol. The van der Waals surface area contributed by atoms with E-state index in [0.717, 1.165) is 12.0 Å². The van der Waals surface area contributed by atoms with Gasteiger partial charge in [-0.05, 0) is 49.2 Å². The van der Waals surface area contributed by atoms with Crippen LogP contribution in [0.25, 0.3) is 0 Å². The molecule has 0 aliphatic carbocycles. The average molecular weight is 367 g/mol. The van der Waals surface area contributed by atoms with Crippen LogP contribution in [0, 0.1) is 4.91 Å². The summed E-state index contributed by atoms with van der Waals surface area (Å²) < 4.78 is 5.11. The summed E-state index contributed by atoms with van der Waals surface area (Å²) in [5.41, 5.74) is 0.248. The molecule has 15 heavy (non-hydrogen) atoms. The molecule has 0 N–H and O–H groups in total. The van der Waals surface area contributed by atoms with Crippen LogP contribution in [0.1, 0.15) is 0 Å². The van der Waals surface area contributed by atoms with Crippen LogP contribution in [-0.4, -0.2) is 0 Å². The molecule has 0 atom stereocenters. The van der Waals surface area contributed by atoms with Crippen molar-refractivity contribution in [2.24, 2.45) is 5.18 Å². The molecule has 1 rings (SSSR count). The Labute approximate surface area is 128 Å². The standard InChI is InChI=1S/C6H3Br2NO4S.Na/c7-4-1-3(14-13-12-11)2-5(8)6(4)9-10;/h1-2,11H;/q;+1/p-1. The third-order valence-corrected chi connectivity index (χ3v) is 3.00. The molecule has 9 heteroatoms. The summed E-state index contributed by atoms with van der Waals surface area (Å²) in [6.07, 6.45) is 0. The number of benzene rings is 1. The zero-order chi connectivity index (χ0) is 10.6. The Hall–Kier alpha value is 1.01. The smallest absolute Gasteiger partial charge is 0.691 e. The third kappa shape index (κ3) is 4.80. The zero-order valence-corrected chi connectivity index (χ0v) is 13.4.